The summed E-state index contributed by atoms with van der Waals surface area (Å²) in [4.78, 5) is 23.8. The third-order valence-corrected chi connectivity index (χ3v) is 3.91. The summed E-state index contributed by atoms with van der Waals surface area (Å²) in [6, 6.07) is 5.00. The van der Waals surface area contributed by atoms with Crippen LogP contribution in [0.25, 0.3) is 5.69 Å². The molecule has 2 N–H and O–H groups in total. The molecular formula is C18H13ClFN5O. The van der Waals surface area contributed by atoms with Gasteiger partial charge >= 0.3 is 0 Å². The molecule has 3 heterocycles. The first kappa shape index (κ1) is 17.6. The Labute approximate surface area is 153 Å². The quantitative estimate of drug-likeness (QED) is 0.555. The number of amides is 1. The van der Waals surface area contributed by atoms with Gasteiger partial charge in [0, 0.05) is 11.9 Å². The van der Waals surface area contributed by atoms with E-state index in [9.17, 15) is 9.18 Å². The molecule has 0 bridgehead atoms. The fourth-order valence-corrected chi connectivity index (χ4v) is 2.49. The standard InChI is InChI=1S/C18H13ClFN5O/c1-10-3-5-13(9-23-10)25-11(2)14(24-18(25)17(21)26)6-4-12-7-8-22-16(19)15(12)20/h3,5,7-9H,1-2H3,(H2,21,26). The molecular weight excluding hydrogens is 357 g/mol. The number of imidazole rings is 1. The van der Waals surface area contributed by atoms with Crippen LogP contribution in [0.3, 0.4) is 0 Å². The van der Waals surface area contributed by atoms with Gasteiger partial charge in [-0.3, -0.25) is 14.3 Å². The zero-order chi connectivity index (χ0) is 18.8. The summed E-state index contributed by atoms with van der Waals surface area (Å²) < 4.78 is 15.5. The lowest BCUT2D eigenvalue weighted by molar-refractivity contribution is 0.0988. The topological polar surface area (TPSA) is 86.7 Å². The molecule has 3 aromatic heterocycles. The zero-order valence-corrected chi connectivity index (χ0v) is 14.7. The van der Waals surface area contributed by atoms with Gasteiger partial charge in [0.1, 0.15) is 5.69 Å². The van der Waals surface area contributed by atoms with Gasteiger partial charge in [-0.05, 0) is 38.0 Å². The predicted molar refractivity (Wildman–Crippen MR) is 94.5 cm³/mol. The summed E-state index contributed by atoms with van der Waals surface area (Å²) >= 11 is 5.65. The maximum Gasteiger partial charge on any atom is 0.285 e. The lowest BCUT2D eigenvalue weighted by atomic mass is 10.2. The Kier molecular flexibility index (Phi) is 4.69. The van der Waals surface area contributed by atoms with Gasteiger partial charge in [-0.25, -0.2) is 14.4 Å². The minimum Gasteiger partial charge on any atom is -0.363 e. The molecule has 3 aromatic rings. The van der Waals surface area contributed by atoms with Crippen molar-refractivity contribution in [1.29, 1.82) is 0 Å². The second-order valence-corrected chi connectivity index (χ2v) is 5.80. The van der Waals surface area contributed by atoms with E-state index in [0.29, 0.717) is 17.1 Å². The SMILES string of the molecule is Cc1ccc(-n2c(C(N)=O)nc(C#Cc3ccnc(Cl)c3F)c2C)cn1. The monoisotopic (exact) mass is 369 g/mol. The van der Waals surface area contributed by atoms with Crippen LogP contribution in [0.2, 0.25) is 5.15 Å². The van der Waals surface area contributed by atoms with Gasteiger partial charge < -0.3 is 5.73 Å². The molecule has 1 amide bonds. The first-order chi connectivity index (χ1) is 12.4. The average Bonchev–Trinajstić information content (AvgIpc) is 2.94. The Hall–Kier alpha value is -3.24. The van der Waals surface area contributed by atoms with Crippen molar-refractivity contribution in [2.24, 2.45) is 5.73 Å². The fourth-order valence-electron chi connectivity index (χ4n) is 2.33. The van der Waals surface area contributed by atoms with Crippen molar-refractivity contribution < 1.29 is 9.18 Å². The Morgan fingerprint density at radius 3 is 2.65 bits per heavy atom. The van der Waals surface area contributed by atoms with E-state index in [0.717, 1.165) is 5.69 Å². The Balaban J connectivity index is 2.12. The number of hydrogen-bond acceptors (Lipinski definition) is 4. The molecule has 0 aliphatic rings. The Bertz CT molecular complexity index is 1060. The molecule has 8 heteroatoms. The van der Waals surface area contributed by atoms with Gasteiger partial charge in [-0.2, -0.15) is 0 Å². The van der Waals surface area contributed by atoms with Crippen LogP contribution in [0.5, 0.6) is 0 Å². The number of aromatic nitrogens is 4. The number of hydrogen-bond donors (Lipinski definition) is 1. The maximum absolute atomic E-state index is 13.9. The molecule has 6 nitrogen and oxygen atoms in total. The lowest BCUT2D eigenvalue weighted by Crippen LogP contribution is -2.18. The number of carbonyl (C=O) groups excluding carboxylic acids is 1. The van der Waals surface area contributed by atoms with Crippen molar-refractivity contribution in [1.82, 2.24) is 19.5 Å². The largest absolute Gasteiger partial charge is 0.363 e. The van der Waals surface area contributed by atoms with E-state index in [1.807, 2.05) is 6.92 Å². The van der Waals surface area contributed by atoms with Crippen LogP contribution in [0.1, 0.15) is 33.3 Å². The van der Waals surface area contributed by atoms with Gasteiger partial charge in [-0.15, -0.1) is 0 Å². The Morgan fingerprint density at radius 1 is 1.23 bits per heavy atom. The summed E-state index contributed by atoms with van der Waals surface area (Å²) in [6.45, 7) is 3.59. The molecule has 0 unspecified atom stereocenters. The molecule has 26 heavy (non-hydrogen) atoms. The van der Waals surface area contributed by atoms with Crippen molar-refractivity contribution in [2.75, 3.05) is 0 Å². The van der Waals surface area contributed by atoms with Crippen LogP contribution in [-0.4, -0.2) is 25.4 Å². The highest BCUT2D eigenvalue weighted by atomic mass is 35.5. The molecule has 0 fully saturated rings. The summed E-state index contributed by atoms with van der Waals surface area (Å²) in [7, 11) is 0. The van der Waals surface area contributed by atoms with Gasteiger partial charge in [0.05, 0.1) is 23.1 Å². The van der Waals surface area contributed by atoms with Crippen LogP contribution >= 0.6 is 11.6 Å². The van der Waals surface area contributed by atoms with Gasteiger partial charge in [0.15, 0.2) is 11.0 Å². The number of nitrogens with zero attached hydrogens (tertiary/aromatic N) is 4. The molecule has 0 saturated heterocycles. The summed E-state index contributed by atoms with van der Waals surface area (Å²) in [5.41, 5.74) is 7.85. The van der Waals surface area contributed by atoms with Crippen molar-refractivity contribution in [3.8, 4) is 17.5 Å². The van der Waals surface area contributed by atoms with Gasteiger partial charge in [0.2, 0.25) is 5.82 Å². The molecule has 0 aliphatic carbocycles. The van der Waals surface area contributed by atoms with Crippen molar-refractivity contribution in [2.45, 2.75) is 13.8 Å². The smallest absolute Gasteiger partial charge is 0.285 e. The number of nitrogens with two attached hydrogens (primary N) is 1. The minimum absolute atomic E-state index is 0.0192. The second kappa shape index (κ2) is 6.94. The van der Waals surface area contributed by atoms with E-state index in [4.69, 9.17) is 17.3 Å². The number of primary amides is 1. The predicted octanol–water partition coefficient (Wildman–Crippen LogP) is 2.57. The number of halogens is 2. The van der Waals surface area contributed by atoms with Gasteiger partial charge in [0.25, 0.3) is 5.91 Å². The van der Waals surface area contributed by atoms with Gasteiger partial charge in [-0.1, -0.05) is 17.5 Å². The van der Waals surface area contributed by atoms with Crippen molar-refractivity contribution in [3.63, 3.8) is 0 Å². The zero-order valence-electron chi connectivity index (χ0n) is 13.9. The van der Waals surface area contributed by atoms with Crippen LogP contribution in [0.15, 0.2) is 30.6 Å². The molecule has 0 aliphatic heterocycles. The van der Waals surface area contributed by atoms with E-state index in [1.54, 1.807) is 29.8 Å². The minimum atomic E-state index is -0.711. The summed E-state index contributed by atoms with van der Waals surface area (Å²) in [5.74, 6) is 4.01. The third-order valence-electron chi connectivity index (χ3n) is 3.64. The van der Waals surface area contributed by atoms with E-state index in [1.165, 1.54) is 12.3 Å². The van der Waals surface area contributed by atoms with E-state index in [-0.39, 0.29) is 16.5 Å². The van der Waals surface area contributed by atoms with Crippen LogP contribution in [0, 0.1) is 31.5 Å². The van der Waals surface area contributed by atoms with Crippen LogP contribution in [0.4, 0.5) is 4.39 Å². The fraction of sp³-hybridized carbons (Fsp3) is 0.111. The van der Waals surface area contributed by atoms with E-state index >= 15 is 0 Å². The van der Waals surface area contributed by atoms with Crippen LogP contribution in [-0.2, 0) is 0 Å². The number of aryl methyl sites for hydroxylation is 1. The average molecular weight is 370 g/mol. The molecule has 3 rings (SSSR count). The van der Waals surface area contributed by atoms with Crippen molar-refractivity contribution in [3.05, 3.63) is 70.0 Å². The summed E-state index contributed by atoms with van der Waals surface area (Å²) in [5, 5.41) is -0.261. The maximum atomic E-state index is 13.9. The normalized spacial score (nSPS) is 10.3. The van der Waals surface area contributed by atoms with E-state index in [2.05, 4.69) is 26.8 Å². The molecule has 0 aromatic carbocycles. The molecule has 0 spiro atoms. The Morgan fingerprint density at radius 2 is 2.00 bits per heavy atom. The van der Waals surface area contributed by atoms with Crippen molar-refractivity contribution >= 4 is 17.5 Å². The number of pyridine rings is 2. The molecule has 0 atom stereocenters. The van der Waals surface area contributed by atoms with E-state index < -0.39 is 11.7 Å². The lowest BCUT2D eigenvalue weighted by Gasteiger charge is -2.07. The third kappa shape index (κ3) is 3.27. The number of rotatable bonds is 2. The highest BCUT2D eigenvalue weighted by molar-refractivity contribution is 6.29. The first-order valence-electron chi connectivity index (χ1n) is 7.52. The number of carbonyl (C=O) groups is 1. The first-order valence-corrected chi connectivity index (χ1v) is 7.90. The summed E-state index contributed by atoms with van der Waals surface area (Å²) in [6.07, 6.45) is 2.96. The highest BCUT2D eigenvalue weighted by Crippen LogP contribution is 2.18. The molecule has 0 saturated carbocycles. The highest BCUT2D eigenvalue weighted by Gasteiger charge is 2.18. The molecule has 130 valence electrons. The second-order valence-electron chi connectivity index (χ2n) is 5.44. The molecule has 0 radical (unpaired) electrons. The van der Waals surface area contributed by atoms with Crippen LogP contribution < -0.4 is 5.73 Å².